The Labute approximate surface area is 91.3 Å². The molecule has 0 unspecified atom stereocenters. The number of carbonyl (C=O) groups excluding carboxylic acids is 1. The quantitative estimate of drug-likeness (QED) is 0.711. The van der Waals surface area contributed by atoms with Crippen LogP contribution in [0.2, 0.25) is 0 Å². The van der Waals surface area contributed by atoms with Crippen LogP contribution in [0.5, 0.6) is 5.75 Å². The Balaban J connectivity index is 3.15. The molecule has 0 radical (unpaired) electrons. The third-order valence-electron chi connectivity index (χ3n) is 2.45. The van der Waals surface area contributed by atoms with Gasteiger partial charge in [0.15, 0.2) is 0 Å². The van der Waals surface area contributed by atoms with Gasteiger partial charge in [-0.25, -0.2) is 0 Å². The van der Waals surface area contributed by atoms with E-state index >= 15 is 0 Å². The van der Waals surface area contributed by atoms with Crippen molar-refractivity contribution in [2.24, 2.45) is 0 Å². The molecule has 15 heavy (non-hydrogen) atoms. The van der Waals surface area contributed by atoms with E-state index in [2.05, 4.69) is 20.8 Å². The van der Waals surface area contributed by atoms with Gasteiger partial charge >= 0.3 is 0 Å². The molecular formula is C13H18O2. The molecule has 0 fully saturated rings. The molecule has 0 atom stereocenters. The molecule has 0 aromatic heterocycles. The van der Waals surface area contributed by atoms with Crippen LogP contribution < -0.4 is 4.74 Å². The minimum Gasteiger partial charge on any atom is -0.496 e. The van der Waals surface area contributed by atoms with Crippen LogP contribution in [0, 0.1) is 0 Å². The maximum Gasteiger partial charge on any atom is 0.124 e. The average molecular weight is 206 g/mol. The molecule has 0 aliphatic rings. The molecule has 2 heteroatoms. The summed E-state index contributed by atoms with van der Waals surface area (Å²) in [5, 5.41) is 0. The second-order valence-corrected chi connectivity index (χ2v) is 4.65. The van der Waals surface area contributed by atoms with E-state index in [0.29, 0.717) is 6.42 Å². The molecule has 0 aliphatic heterocycles. The first-order valence-electron chi connectivity index (χ1n) is 5.10. The summed E-state index contributed by atoms with van der Waals surface area (Å²) in [6, 6.07) is 6.03. The number of hydrogen-bond donors (Lipinski definition) is 0. The average Bonchev–Trinajstić information content (AvgIpc) is 2.17. The number of carbonyl (C=O) groups is 1. The van der Waals surface area contributed by atoms with Gasteiger partial charge in [-0.05, 0) is 17.0 Å². The van der Waals surface area contributed by atoms with E-state index in [1.54, 1.807) is 7.11 Å². The van der Waals surface area contributed by atoms with Crippen LogP contribution in [0.25, 0.3) is 0 Å². The molecule has 1 aromatic rings. The highest BCUT2D eigenvalue weighted by Gasteiger charge is 2.15. The smallest absolute Gasteiger partial charge is 0.124 e. The van der Waals surface area contributed by atoms with Crippen molar-refractivity contribution in [3.05, 3.63) is 29.3 Å². The van der Waals surface area contributed by atoms with Gasteiger partial charge in [0.2, 0.25) is 0 Å². The lowest BCUT2D eigenvalue weighted by Crippen LogP contribution is -2.11. The van der Waals surface area contributed by atoms with Gasteiger partial charge in [-0.3, -0.25) is 0 Å². The fourth-order valence-electron chi connectivity index (χ4n) is 1.49. The maximum absolute atomic E-state index is 10.5. The molecule has 0 N–H and O–H groups in total. The van der Waals surface area contributed by atoms with E-state index < -0.39 is 0 Å². The third-order valence-corrected chi connectivity index (χ3v) is 2.45. The van der Waals surface area contributed by atoms with Crippen LogP contribution in [0.4, 0.5) is 0 Å². The van der Waals surface area contributed by atoms with Gasteiger partial charge in [-0.1, -0.05) is 32.9 Å². The Bertz CT molecular complexity index is 348. The lowest BCUT2D eigenvalue weighted by Gasteiger charge is -2.20. The molecule has 0 spiro atoms. The van der Waals surface area contributed by atoms with Crippen molar-refractivity contribution < 1.29 is 9.53 Å². The molecule has 0 amide bonds. The zero-order chi connectivity index (χ0) is 11.5. The second-order valence-electron chi connectivity index (χ2n) is 4.65. The molecule has 0 bridgehead atoms. The van der Waals surface area contributed by atoms with Crippen LogP contribution in [-0.2, 0) is 16.6 Å². The number of benzene rings is 1. The molecule has 0 saturated heterocycles. The Morgan fingerprint density at radius 1 is 1.33 bits per heavy atom. The van der Waals surface area contributed by atoms with Gasteiger partial charge in [-0.15, -0.1) is 0 Å². The standard InChI is InChI=1S/C13H18O2/c1-13(2,3)11-5-6-12(15-4)10(9-11)7-8-14/h5-6,8-9H,7H2,1-4H3. The van der Waals surface area contributed by atoms with E-state index in [-0.39, 0.29) is 5.41 Å². The lowest BCUT2D eigenvalue weighted by atomic mass is 9.86. The molecule has 82 valence electrons. The molecule has 1 aromatic carbocycles. The lowest BCUT2D eigenvalue weighted by molar-refractivity contribution is -0.107. The van der Waals surface area contributed by atoms with Gasteiger partial charge in [0.1, 0.15) is 12.0 Å². The van der Waals surface area contributed by atoms with Crippen molar-refractivity contribution in [1.29, 1.82) is 0 Å². The molecule has 0 heterocycles. The van der Waals surface area contributed by atoms with Crippen LogP contribution >= 0.6 is 0 Å². The van der Waals surface area contributed by atoms with Gasteiger partial charge in [0, 0.05) is 12.0 Å². The number of hydrogen-bond acceptors (Lipinski definition) is 2. The SMILES string of the molecule is COc1ccc(C(C)(C)C)cc1CC=O. The number of ether oxygens (including phenoxy) is 1. The van der Waals surface area contributed by atoms with E-state index in [1.807, 2.05) is 18.2 Å². The first-order valence-corrected chi connectivity index (χ1v) is 5.10. The van der Waals surface area contributed by atoms with Crippen molar-refractivity contribution in [2.45, 2.75) is 32.6 Å². The molecule has 2 nitrogen and oxygen atoms in total. The van der Waals surface area contributed by atoms with Gasteiger partial charge in [0.25, 0.3) is 0 Å². The van der Waals surface area contributed by atoms with Crippen molar-refractivity contribution in [3.63, 3.8) is 0 Å². The Kier molecular flexibility index (Phi) is 3.51. The summed E-state index contributed by atoms with van der Waals surface area (Å²) in [4.78, 5) is 10.5. The summed E-state index contributed by atoms with van der Waals surface area (Å²) in [6.07, 6.45) is 1.32. The van der Waals surface area contributed by atoms with Gasteiger partial charge < -0.3 is 9.53 Å². The minimum absolute atomic E-state index is 0.101. The molecular weight excluding hydrogens is 188 g/mol. The molecule has 1 rings (SSSR count). The minimum atomic E-state index is 0.101. The zero-order valence-electron chi connectivity index (χ0n) is 9.83. The third kappa shape index (κ3) is 2.82. The molecule has 0 aliphatic carbocycles. The topological polar surface area (TPSA) is 26.3 Å². The Morgan fingerprint density at radius 3 is 2.47 bits per heavy atom. The van der Waals surface area contributed by atoms with E-state index in [9.17, 15) is 4.79 Å². The maximum atomic E-state index is 10.5. The van der Waals surface area contributed by atoms with Gasteiger partial charge in [0.05, 0.1) is 7.11 Å². The fourth-order valence-corrected chi connectivity index (χ4v) is 1.49. The fraction of sp³-hybridized carbons (Fsp3) is 0.462. The predicted octanol–water partition coefficient (Wildman–Crippen LogP) is 2.73. The number of methoxy groups -OCH3 is 1. The Morgan fingerprint density at radius 2 is 2.00 bits per heavy atom. The Hall–Kier alpha value is -1.31. The first kappa shape index (κ1) is 11.8. The summed E-state index contributed by atoms with van der Waals surface area (Å²) >= 11 is 0. The largest absolute Gasteiger partial charge is 0.496 e. The van der Waals surface area contributed by atoms with Crippen LogP contribution in [0.15, 0.2) is 18.2 Å². The highest BCUT2D eigenvalue weighted by Crippen LogP contribution is 2.27. The van der Waals surface area contributed by atoms with Crippen LogP contribution in [0.1, 0.15) is 31.9 Å². The summed E-state index contributed by atoms with van der Waals surface area (Å²) in [7, 11) is 1.63. The monoisotopic (exact) mass is 206 g/mol. The zero-order valence-corrected chi connectivity index (χ0v) is 9.83. The van der Waals surface area contributed by atoms with E-state index in [4.69, 9.17) is 4.74 Å². The van der Waals surface area contributed by atoms with Crippen LogP contribution in [0.3, 0.4) is 0 Å². The van der Waals surface area contributed by atoms with E-state index in [1.165, 1.54) is 5.56 Å². The van der Waals surface area contributed by atoms with Crippen molar-refractivity contribution in [2.75, 3.05) is 7.11 Å². The van der Waals surface area contributed by atoms with Crippen molar-refractivity contribution in [1.82, 2.24) is 0 Å². The highest BCUT2D eigenvalue weighted by molar-refractivity contribution is 5.58. The van der Waals surface area contributed by atoms with Gasteiger partial charge in [-0.2, -0.15) is 0 Å². The van der Waals surface area contributed by atoms with Crippen molar-refractivity contribution >= 4 is 6.29 Å². The highest BCUT2D eigenvalue weighted by atomic mass is 16.5. The summed E-state index contributed by atoms with van der Waals surface area (Å²) < 4.78 is 5.21. The van der Waals surface area contributed by atoms with Crippen LogP contribution in [-0.4, -0.2) is 13.4 Å². The second kappa shape index (κ2) is 4.47. The first-order chi connectivity index (χ1) is 6.99. The normalized spacial score (nSPS) is 11.2. The van der Waals surface area contributed by atoms with Crippen molar-refractivity contribution in [3.8, 4) is 5.75 Å². The summed E-state index contributed by atoms with van der Waals surface area (Å²) in [6.45, 7) is 6.46. The summed E-state index contributed by atoms with van der Waals surface area (Å²) in [5.41, 5.74) is 2.28. The molecule has 0 saturated carbocycles. The summed E-state index contributed by atoms with van der Waals surface area (Å²) in [5.74, 6) is 0.787. The van der Waals surface area contributed by atoms with E-state index in [0.717, 1.165) is 17.6 Å². The number of rotatable bonds is 3. The predicted molar refractivity (Wildman–Crippen MR) is 61.5 cm³/mol. The number of aldehydes is 1.